The van der Waals surface area contributed by atoms with E-state index in [0.717, 1.165) is 32.7 Å². The number of rotatable bonds is 5. The van der Waals surface area contributed by atoms with E-state index in [1.165, 1.54) is 0 Å². The SMILES string of the molecule is CN(C(=O)Cn1c(C2CC(=O)N(c3ccccc3Br)C2)nc2ccccc21)c1ccccc1. The Balaban J connectivity index is 1.48. The molecule has 2 heterocycles. The first-order valence-corrected chi connectivity index (χ1v) is 11.6. The van der Waals surface area contributed by atoms with E-state index >= 15 is 0 Å². The molecule has 6 nitrogen and oxygen atoms in total. The molecule has 1 saturated heterocycles. The predicted molar refractivity (Wildman–Crippen MR) is 133 cm³/mol. The summed E-state index contributed by atoms with van der Waals surface area (Å²) >= 11 is 3.56. The summed E-state index contributed by atoms with van der Waals surface area (Å²) in [5, 5.41) is 0. The van der Waals surface area contributed by atoms with Crippen LogP contribution < -0.4 is 9.80 Å². The number of hydrogen-bond donors (Lipinski definition) is 0. The molecule has 1 unspecified atom stereocenters. The van der Waals surface area contributed by atoms with Gasteiger partial charge in [0.1, 0.15) is 12.4 Å². The van der Waals surface area contributed by atoms with Gasteiger partial charge in [0.25, 0.3) is 0 Å². The van der Waals surface area contributed by atoms with Gasteiger partial charge in [0.2, 0.25) is 11.8 Å². The summed E-state index contributed by atoms with van der Waals surface area (Å²) in [5.41, 5.74) is 3.42. The number of halogens is 1. The molecule has 5 rings (SSSR count). The van der Waals surface area contributed by atoms with Gasteiger partial charge in [-0.15, -0.1) is 0 Å². The number of carbonyl (C=O) groups excluding carboxylic acids is 2. The van der Waals surface area contributed by atoms with Gasteiger partial charge in [0.15, 0.2) is 0 Å². The number of nitrogens with zero attached hydrogens (tertiary/aromatic N) is 4. The highest BCUT2D eigenvalue weighted by molar-refractivity contribution is 9.10. The first-order valence-electron chi connectivity index (χ1n) is 10.8. The Morgan fingerprint density at radius 1 is 1.03 bits per heavy atom. The summed E-state index contributed by atoms with van der Waals surface area (Å²) in [6.45, 7) is 0.675. The molecule has 0 aliphatic carbocycles. The molecule has 1 aliphatic rings. The van der Waals surface area contributed by atoms with E-state index in [-0.39, 0.29) is 24.3 Å². The van der Waals surface area contributed by atoms with E-state index in [1.54, 1.807) is 16.8 Å². The summed E-state index contributed by atoms with van der Waals surface area (Å²) in [7, 11) is 1.78. The van der Waals surface area contributed by atoms with E-state index < -0.39 is 0 Å². The molecule has 0 N–H and O–H groups in total. The Labute approximate surface area is 200 Å². The van der Waals surface area contributed by atoms with Crippen molar-refractivity contribution in [1.82, 2.24) is 9.55 Å². The van der Waals surface area contributed by atoms with E-state index in [1.807, 2.05) is 83.4 Å². The van der Waals surface area contributed by atoms with E-state index in [0.29, 0.717) is 13.0 Å². The van der Waals surface area contributed by atoms with Crippen LogP contribution >= 0.6 is 15.9 Å². The number of anilines is 2. The van der Waals surface area contributed by atoms with Crippen LogP contribution in [0.25, 0.3) is 11.0 Å². The Kier molecular flexibility index (Phi) is 5.72. The quantitative estimate of drug-likeness (QED) is 0.386. The van der Waals surface area contributed by atoms with Gasteiger partial charge in [-0.05, 0) is 52.3 Å². The smallest absolute Gasteiger partial charge is 0.246 e. The Hall–Kier alpha value is -3.45. The molecule has 4 aromatic rings. The van der Waals surface area contributed by atoms with Gasteiger partial charge < -0.3 is 14.4 Å². The van der Waals surface area contributed by atoms with E-state index in [2.05, 4.69) is 15.9 Å². The van der Waals surface area contributed by atoms with Gasteiger partial charge in [-0.25, -0.2) is 4.98 Å². The van der Waals surface area contributed by atoms with Crippen LogP contribution in [0.2, 0.25) is 0 Å². The second-order valence-electron chi connectivity index (χ2n) is 8.19. The molecular formula is C26H23BrN4O2. The summed E-state index contributed by atoms with van der Waals surface area (Å²) in [6.07, 6.45) is 0.355. The molecule has 0 saturated carbocycles. The molecule has 166 valence electrons. The lowest BCUT2D eigenvalue weighted by molar-refractivity contribution is -0.119. The van der Waals surface area contributed by atoms with Gasteiger partial charge >= 0.3 is 0 Å². The number of carbonyl (C=O) groups is 2. The molecule has 0 spiro atoms. The molecule has 1 atom stereocenters. The van der Waals surface area contributed by atoms with Crippen LogP contribution in [0.5, 0.6) is 0 Å². The number of hydrogen-bond acceptors (Lipinski definition) is 3. The van der Waals surface area contributed by atoms with Crippen LogP contribution in [0, 0.1) is 0 Å². The number of amides is 2. The van der Waals surface area contributed by atoms with Crippen molar-refractivity contribution in [2.45, 2.75) is 18.9 Å². The first kappa shape index (κ1) is 21.4. The molecule has 3 aromatic carbocycles. The second-order valence-corrected chi connectivity index (χ2v) is 9.04. The maximum absolute atomic E-state index is 13.2. The van der Waals surface area contributed by atoms with Crippen LogP contribution in [-0.4, -0.2) is 35.0 Å². The minimum absolute atomic E-state index is 0.0439. The lowest BCUT2D eigenvalue weighted by Gasteiger charge is -2.20. The van der Waals surface area contributed by atoms with Crippen LogP contribution in [0.3, 0.4) is 0 Å². The molecule has 1 aliphatic heterocycles. The van der Waals surface area contributed by atoms with Gasteiger partial charge in [-0.2, -0.15) is 0 Å². The van der Waals surface area contributed by atoms with Crippen molar-refractivity contribution in [1.29, 1.82) is 0 Å². The maximum atomic E-state index is 13.2. The molecule has 33 heavy (non-hydrogen) atoms. The van der Waals surface area contributed by atoms with Crippen LogP contribution in [0.4, 0.5) is 11.4 Å². The zero-order chi connectivity index (χ0) is 22.9. The predicted octanol–water partition coefficient (Wildman–Crippen LogP) is 4.98. The number of benzene rings is 3. The normalized spacial score (nSPS) is 15.9. The maximum Gasteiger partial charge on any atom is 0.246 e. The topological polar surface area (TPSA) is 58.4 Å². The highest BCUT2D eigenvalue weighted by Gasteiger charge is 2.35. The van der Waals surface area contributed by atoms with E-state index in [9.17, 15) is 9.59 Å². The Bertz CT molecular complexity index is 1330. The second kappa shape index (κ2) is 8.83. The largest absolute Gasteiger partial charge is 0.318 e. The number of imidazole rings is 1. The van der Waals surface area contributed by atoms with Crippen molar-refractivity contribution >= 4 is 50.2 Å². The fourth-order valence-electron chi connectivity index (χ4n) is 4.39. The molecule has 1 aromatic heterocycles. The molecular weight excluding hydrogens is 480 g/mol. The summed E-state index contributed by atoms with van der Waals surface area (Å²) in [6, 6.07) is 25.1. The third-order valence-corrected chi connectivity index (χ3v) is 6.80. The van der Waals surface area contributed by atoms with Crippen LogP contribution in [-0.2, 0) is 16.1 Å². The van der Waals surface area contributed by atoms with Gasteiger partial charge in [-0.1, -0.05) is 42.5 Å². The Morgan fingerprint density at radius 3 is 2.52 bits per heavy atom. The fraction of sp³-hybridized carbons (Fsp3) is 0.192. The van der Waals surface area contributed by atoms with Crippen LogP contribution in [0.15, 0.2) is 83.3 Å². The van der Waals surface area contributed by atoms with Crippen molar-refractivity contribution in [3.8, 4) is 0 Å². The number of para-hydroxylation sites is 4. The molecule has 2 amide bonds. The third-order valence-electron chi connectivity index (χ3n) is 6.13. The average Bonchev–Trinajstić information content (AvgIpc) is 3.40. The number of aromatic nitrogens is 2. The van der Waals surface area contributed by atoms with Crippen molar-refractivity contribution < 1.29 is 9.59 Å². The molecule has 0 radical (unpaired) electrons. The summed E-state index contributed by atoms with van der Waals surface area (Å²) in [4.78, 5) is 34.5. The van der Waals surface area contributed by atoms with Crippen molar-refractivity contribution in [2.75, 3.05) is 23.4 Å². The van der Waals surface area contributed by atoms with Gasteiger partial charge in [-0.3, -0.25) is 9.59 Å². The van der Waals surface area contributed by atoms with E-state index in [4.69, 9.17) is 4.98 Å². The fourth-order valence-corrected chi connectivity index (χ4v) is 4.89. The highest BCUT2D eigenvalue weighted by Crippen LogP contribution is 2.36. The zero-order valence-corrected chi connectivity index (χ0v) is 19.8. The average molecular weight is 503 g/mol. The molecule has 1 fully saturated rings. The lowest BCUT2D eigenvalue weighted by Crippen LogP contribution is -2.31. The lowest BCUT2D eigenvalue weighted by atomic mass is 10.1. The number of fused-ring (bicyclic) bond motifs is 1. The molecule has 0 bridgehead atoms. The van der Waals surface area contributed by atoms with Gasteiger partial charge in [0, 0.05) is 36.1 Å². The highest BCUT2D eigenvalue weighted by atomic mass is 79.9. The summed E-state index contributed by atoms with van der Waals surface area (Å²) in [5.74, 6) is 0.677. The minimum Gasteiger partial charge on any atom is -0.318 e. The number of likely N-dealkylation sites (N-methyl/N-ethyl adjacent to an activating group) is 1. The Morgan fingerprint density at radius 2 is 1.73 bits per heavy atom. The van der Waals surface area contributed by atoms with Crippen molar-refractivity contribution in [3.63, 3.8) is 0 Å². The van der Waals surface area contributed by atoms with Crippen molar-refractivity contribution in [2.24, 2.45) is 0 Å². The zero-order valence-electron chi connectivity index (χ0n) is 18.2. The minimum atomic E-state index is -0.105. The van der Waals surface area contributed by atoms with Crippen LogP contribution in [0.1, 0.15) is 18.2 Å². The first-order chi connectivity index (χ1) is 16.0. The molecule has 7 heteroatoms. The standard InChI is InChI=1S/C26H23BrN4O2/c1-29(19-9-3-2-4-10-19)25(33)17-31-23-14-8-6-12-21(23)28-26(31)18-15-24(32)30(16-18)22-13-7-5-11-20(22)27/h2-14,18H,15-17H2,1H3. The monoisotopic (exact) mass is 502 g/mol. The van der Waals surface area contributed by atoms with Gasteiger partial charge in [0.05, 0.1) is 16.7 Å². The van der Waals surface area contributed by atoms with Crippen molar-refractivity contribution in [3.05, 3.63) is 89.2 Å². The summed E-state index contributed by atoms with van der Waals surface area (Å²) < 4.78 is 2.85. The third kappa shape index (κ3) is 4.04.